The average Bonchev–Trinajstić information content (AvgIpc) is 2.94. The lowest BCUT2D eigenvalue weighted by atomic mass is 10.1. The summed E-state index contributed by atoms with van der Waals surface area (Å²) in [6, 6.07) is 5.61. The first kappa shape index (κ1) is 15.4. The Morgan fingerprint density at radius 3 is 2.71 bits per heavy atom. The van der Waals surface area contributed by atoms with Crippen LogP contribution in [0.4, 0.5) is 0 Å². The van der Waals surface area contributed by atoms with Crippen molar-refractivity contribution in [2.75, 3.05) is 20.8 Å². The van der Waals surface area contributed by atoms with Crippen molar-refractivity contribution >= 4 is 0 Å². The highest BCUT2D eigenvalue weighted by Crippen LogP contribution is 2.33. The summed E-state index contributed by atoms with van der Waals surface area (Å²) in [5, 5.41) is 3.31. The van der Waals surface area contributed by atoms with Crippen LogP contribution in [0.2, 0.25) is 0 Å². The van der Waals surface area contributed by atoms with E-state index < -0.39 is 0 Å². The van der Waals surface area contributed by atoms with Crippen molar-refractivity contribution in [3.8, 4) is 22.8 Å². The van der Waals surface area contributed by atoms with Gasteiger partial charge >= 0.3 is 0 Å². The number of rotatable bonds is 7. The molecule has 0 fully saturated rings. The fraction of sp³-hybridized carbons (Fsp3) is 0.438. The number of benzene rings is 1. The fourth-order valence-corrected chi connectivity index (χ4v) is 1.99. The number of nitrogens with one attached hydrogen (secondary N) is 1. The molecule has 0 atom stereocenters. The van der Waals surface area contributed by atoms with Gasteiger partial charge < -0.3 is 19.2 Å². The molecule has 1 N–H and O–H groups in total. The lowest BCUT2D eigenvalue weighted by Gasteiger charge is -2.08. The van der Waals surface area contributed by atoms with Crippen LogP contribution >= 0.6 is 0 Å². The molecule has 0 amide bonds. The lowest BCUT2D eigenvalue weighted by molar-refractivity contribution is 0.393. The molecule has 0 bridgehead atoms. The van der Waals surface area contributed by atoms with Gasteiger partial charge in [-0.05, 0) is 24.6 Å². The Hall–Kier alpha value is -2.01. The molecule has 2 aromatic rings. The van der Waals surface area contributed by atoms with Gasteiger partial charge in [0.05, 0.1) is 32.5 Å². The minimum atomic E-state index is 0.598. The summed E-state index contributed by atoms with van der Waals surface area (Å²) in [5.41, 5.74) is 0.862. The first-order chi connectivity index (χ1) is 10.1. The first-order valence-electron chi connectivity index (χ1n) is 7.02. The topological polar surface area (TPSA) is 56.5 Å². The second kappa shape index (κ2) is 7.13. The standard InChI is InChI=1S/C16H22N2O3/c1-11(2)8-17-10-16-18-9-15(21-16)13-6-5-12(19-3)7-14(13)20-4/h5-7,9,11,17H,8,10H2,1-4H3. The second-order valence-corrected chi connectivity index (χ2v) is 5.21. The Morgan fingerprint density at radius 2 is 2.05 bits per heavy atom. The summed E-state index contributed by atoms with van der Waals surface area (Å²) in [7, 11) is 3.25. The van der Waals surface area contributed by atoms with Crippen molar-refractivity contribution in [1.29, 1.82) is 0 Å². The van der Waals surface area contributed by atoms with E-state index in [1.54, 1.807) is 20.4 Å². The van der Waals surface area contributed by atoms with Crippen molar-refractivity contribution in [3.63, 3.8) is 0 Å². The number of methoxy groups -OCH3 is 2. The lowest BCUT2D eigenvalue weighted by Crippen LogP contribution is -2.18. The maximum absolute atomic E-state index is 5.77. The van der Waals surface area contributed by atoms with Crippen LogP contribution in [-0.4, -0.2) is 25.7 Å². The van der Waals surface area contributed by atoms with E-state index >= 15 is 0 Å². The van der Waals surface area contributed by atoms with Crippen molar-refractivity contribution in [1.82, 2.24) is 10.3 Å². The molecule has 0 saturated heterocycles. The van der Waals surface area contributed by atoms with Gasteiger partial charge in [-0.3, -0.25) is 0 Å². The van der Waals surface area contributed by atoms with E-state index in [0.29, 0.717) is 29.9 Å². The molecule has 5 heteroatoms. The highest BCUT2D eigenvalue weighted by molar-refractivity contribution is 5.66. The van der Waals surface area contributed by atoms with Crippen LogP contribution in [-0.2, 0) is 6.54 Å². The maximum Gasteiger partial charge on any atom is 0.208 e. The second-order valence-electron chi connectivity index (χ2n) is 5.21. The molecule has 0 saturated carbocycles. The molecule has 0 aliphatic rings. The summed E-state index contributed by atoms with van der Waals surface area (Å²) in [5.74, 6) is 3.40. The Morgan fingerprint density at radius 1 is 1.24 bits per heavy atom. The molecule has 0 aliphatic heterocycles. The number of aromatic nitrogens is 1. The summed E-state index contributed by atoms with van der Waals surface area (Å²) in [6.07, 6.45) is 1.72. The third-order valence-corrected chi connectivity index (χ3v) is 3.06. The molecule has 2 rings (SSSR count). The van der Waals surface area contributed by atoms with Crippen molar-refractivity contribution in [2.24, 2.45) is 5.92 Å². The van der Waals surface area contributed by atoms with Gasteiger partial charge in [0.2, 0.25) is 5.89 Å². The number of ether oxygens (including phenoxy) is 2. The predicted molar refractivity (Wildman–Crippen MR) is 81.6 cm³/mol. The van der Waals surface area contributed by atoms with E-state index in [9.17, 15) is 0 Å². The minimum Gasteiger partial charge on any atom is -0.497 e. The molecule has 114 valence electrons. The van der Waals surface area contributed by atoms with Gasteiger partial charge in [0.1, 0.15) is 11.5 Å². The molecule has 0 spiro atoms. The van der Waals surface area contributed by atoms with Gasteiger partial charge in [-0.15, -0.1) is 0 Å². The molecule has 0 radical (unpaired) electrons. The maximum atomic E-state index is 5.77. The van der Waals surface area contributed by atoms with E-state index in [-0.39, 0.29) is 0 Å². The SMILES string of the molecule is COc1ccc(-c2cnc(CNCC(C)C)o2)c(OC)c1. The van der Waals surface area contributed by atoms with E-state index in [0.717, 1.165) is 17.9 Å². The number of hydrogen-bond donors (Lipinski definition) is 1. The van der Waals surface area contributed by atoms with E-state index in [1.807, 2.05) is 18.2 Å². The van der Waals surface area contributed by atoms with E-state index in [2.05, 4.69) is 24.1 Å². The van der Waals surface area contributed by atoms with Gasteiger partial charge in [0.15, 0.2) is 5.76 Å². The van der Waals surface area contributed by atoms with Crippen LogP contribution in [0.25, 0.3) is 11.3 Å². The largest absolute Gasteiger partial charge is 0.497 e. The summed E-state index contributed by atoms with van der Waals surface area (Å²) >= 11 is 0. The average molecular weight is 290 g/mol. The molecule has 1 aromatic carbocycles. The van der Waals surface area contributed by atoms with Gasteiger partial charge in [-0.1, -0.05) is 13.8 Å². The van der Waals surface area contributed by atoms with Crippen LogP contribution in [0.15, 0.2) is 28.8 Å². The molecule has 5 nitrogen and oxygen atoms in total. The molecule has 1 heterocycles. The first-order valence-corrected chi connectivity index (χ1v) is 7.02. The highest BCUT2D eigenvalue weighted by atomic mass is 16.5. The van der Waals surface area contributed by atoms with E-state index in [4.69, 9.17) is 13.9 Å². The van der Waals surface area contributed by atoms with Crippen molar-refractivity contribution in [2.45, 2.75) is 20.4 Å². The molecular weight excluding hydrogens is 268 g/mol. The zero-order chi connectivity index (χ0) is 15.2. The fourth-order valence-electron chi connectivity index (χ4n) is 1.99. The third kappa shape index (κ3) is 3.98. The molecule has 1 aromatic heterocycles. The smallest absolute Gasteiger partial charge is 0.208 e. The van der Waals surface area contributed by atoms with Gasteiger partial charge in [0.25, 0.3) is 0 Å². The Balaban J connectivity index is 2.13. The number of oxazole rings is 1. The summed E-state index contributed by atoms with van der Waals surface area (Å²) in [6.45, 7) is 5.88. The zero-order valence-electron chi connectivity index (χ0n) is 13.0. The van der Waals surface area contributed by atoms with Gasteiger partial charge in [0, 0.05) is 6.07 Å². The highest BCUT2D eigenvalue weighted by Gasteiger charge is 2.12. The quantitative estimate of drug-likeness (QED) is 0.849. The van der Waals surface area contributed by atoms with Crippen LogP contribution in [0.1, 0.15) is 19.7 Å². The molecule has 0 aliphatic carbocycles. The van der Waals surface area contributed by atoms with Gasteiger partial charge in [-0.2, -0.15) is 0 Å². The Bertz CT molecular complexity index is 579. The number of nitrogens with zero attached hydrogens (tertiary/aromatic N) is 1. The zero-order valence-corrected chi connectivity index (χ0v) is 13.0. The molecule has 21 heavy (non-hydrogen) atoms. The van der Waals surface area contributed by atoms with Crippen molar-refractivity contribution < 1.29 is 13.9 Å². The summed E-state index contributed by atoms with van der Waals surface area (Å²) < 4.78 is 16.3. The van der Waals surface area contributed by atoms with E-state index in [1.165, 1.54) is 0 Å². The minimum absolute atomic E-state index is 0.598. The summed E-state index contributed by atoms with van der Waals surface area (Å²) in [4.78, 5) is 4.29. The number of hydrogen-bond acceptors (Lipinski definition) is 5. The van der Waals surface area contributed by atoms with Crippen LogP contribution in [0, 0.1) is 5.92 Å². The Labute approximate surface area is 125 Å². The molecular formula is C16H22N2O3. The Kier molecular flexibility index (Phi) is 5.22. The van der Waals surface area contributed by atoms with Crippen molar-refractivity contribution in [3.05, 3.63) is 30.3 Å². The van der Waals surface area contributed by atoms with Crippen LogP contribution < -0.4 is 14.8 Å². The monoisotopic (exact) mass is 290 g/mol. The normalized spacial score (nSPS) is 10.9. The van der Waals surface area contributed by atoms with Crippen LogP contribution in [0.3, 0.4) is 0 Å². The van der Waals surface area contributed by atoms with Gasteiger partial charge in [-0.25, -0.2) is 4.98 Å². The van der Waals surface area contributed by atoms with Crippen LogP contribution in [0.5, 0.6) is 11.5 Å². The predicted octanol–water partition coefficient (Wildman–Crippen LogP) is 3.10. The third-order valence-electron chi connectivity index (χ3n) is 3.06. The molecule has 0 unspecified atom stereocenters.